The van der Waals surface area contributed by atoms with Gasteiger partial charge in [-0.2, -0.15) is 0 Å². The van der Waals surface area contributed by atoms with E-state index in [9.17, 15) is 9.59 Å². The number of carbonyl (C=O) groups is 2. The van der Waals surface area contributed by atoms with Crippen LogP contribution >= 0.6 is 0 Å². The van der Waals surface area contributed by atoms with Gasteiger partial charge in [-0.15, -0.1) is 0 Å². The van der Waals surface area contributed by atoms with Gasteiger partial charge in [-0.25, -0.2) is 0 Å². The summed E-state index contributed by atoms with van der Waals surface area (Å²) in [6.07, 6.45) is 1.30. The molecule has 0 saturated carbocycles. The molecule has 5 heteroatoms. The largest absolute Gasteiger partial charge is 0.493 e. The monoisotopic (exact) mass is 279 g/mol. The van der Waals surface area contributed by atoms with Crippen molar-refractivity contribution >= 4 is 11.9 Å². The standard InChI is InChI=1S/C15H21NO4/c1-11(6-7-14(16)17)10-20-13-5-3-4-12(8-13)9-15(18)19-2/h3-5,8,11H,6-7,9-10H2,1-2H3,(H2,16,17)/t11-/m0/s1. The van der Waals surface area contributed by atoms with Gasteiger partial charge in [0.15, 0.2) is 0 Å². The van der Waals surface area contributed by atoms with Crippen LogP contribution in [0, 0.1) is 5.92 Å². The zero-order valence-electron chi connectivity index (χ0n) is 11.9. The van der Waals surface area contributed by atoms with Crippen molar-refractivity contribution in [3.05, 3.63) is 29.8 Å². The van der Waals surface area contributed by atoms with E-state index < -0.39 is 0 Å². The maximum Gasteiger partial charge on any atom is 0.309 e. The molecule has 0 fully saturated rings. The molecule has 110 valence electrons. The van der Waals surface area contributed by atoms with Crippen LogP contribution in [0.25, 0.3) is 0 Å². The molecule has 2 N–H and O–H groups in total. The number of hydrogen-bond acceptors (Lipinski definition) is 4. The first-order chi connectivity index (χ1) is 9.51. The first-order valence-electron chi connectivity index (χ1n) is 6.58. The molecule has 1 aromatic rings. The van der Waals surface area contributed by atoms with Gasteiger partial charge in [0, 0.05) is 6.42 Å². The summed E-state index contributed by atoms with van der Waals surface area (Å²) in [7, 11) is 1.36. The molecule has 1 rings (SSSR count). The summed E-state index contributed by atoms with van der Waals surface area (Å²) in [6, 6.07) is 7.33. The van der Waals surface area contributed by atoms with Gasteiger partial charge >= 0.3 is 5.97 Å². The molecule has 0 aliphatic carbocycles. The summed E-state index contributed by atoms with van der Waals surface area (Å²) in [5.41, 5.74) is 5.95. The number of esters is 1. The van der Waals surface area contributed by atoms with E-state index in [1.807, 2.05) is 31.2 Å². The summed E-state index contributed by atoms with van der Waals surface area (Å²) >= 11 is 0. The van der Waals surface area contributed by atoms with Crippen molar-refractivity contribution in [3.8, 4) is 5.75 Å². The van der Waals surface area contributed by atoms with Crippen LogP contribution in [0.3, 0.4) is 0 Å². The molecule has 20 heavy (non-hydrogen) atoms. The molecule has 1 aromatic carbocycles. The van der Waals surface area contributed by atoms with Crippen LogP contribution in [0.4, 0.5) is 0 Å². The number of carbonyl (C=O) groups excluding carboxylic acids is 2. The fourth-order valence-electron chi connectivity index (χ4n) is 1.69. The van der Waals surface area contributed by atoms with Gasteiger partial charge in [-0.3, -0.25) is 9.59 Å². The molecule has 0 bridgehead atoms. The number of primary amides is 1. The highest BCUT2D eigenvalue weighted by Crippen LogP contribution is 2.16. The Hall–Kier alpha value is -2.04. The van der Waals surface area contributed by atoms with Crippen LogP contribution in [0.15, 0.2) is 24.3 Å². The Morgan fingerprint density at radius 1 is 1.35 bits per heavy atom. The lowest BCUT2D eigenvalue weighted by atomic mass is 10.1. The van der Waals surface area contributed by atoms with Gasteiger partial charge in [0.1, 0.15) is 5.75 Å². The van der Waals surface area contributed by atoms with Crippen molar-refractivity contribution in [3.63, 3.8) is 0 Å². The topological polar surface area (TPSA) is 78.6 Å². The van der Waals surface area contributed by atoms with Crippen LogP contribution in [-0.4, -0.2) is 25.6 Å². The Bertz CT molecular complexity index is 459. The number of ether oxygens (including phenoxy) is 2. The van der Waals surface area contributed by atoms with E-state index in [4.69, 9.17) is 10.5 Å². The predicted molar refractivity (Wildman–Crippen MR) is 75.2 cm³/mol. The van der Waals surface area contributed by atoms with Gasteiger partial charge < -0.3 is 15.2 Å². The minimum Gasteiger partial charge on any atom is -0.493 e. The van der Waals surface area contributed by atoms with Crippen LogP contribution in [0.2, 0.25) is 0 Å². The second-order valence-corrected chi connectivity index (χ2v) is 4.82. The average Bonchev–Trinajstić information content (AvgIpc) is 2.43. The molecule has 0 aliphatic heterocycles. The van der Waals surface area contributed by atoms with E-state index in [2.05, 4.69) is 4.74 Å². The summed E-state index contributed by atoms with van der Waals surface area (Å²) < 4.78 is 10.3. The van der Waals surface area contributed by atoms with Crippen molar-refractivity contribution in [1.29, 1.82) is 0 Å². The second-order valence-electron chi connectivity index (χ2n) is 4.82. The molecule has 0 spiro atoms. The first-order valence-corrected chi connectivity index (χ1v) is 6.58. The lowest BCUT2D eigenvalue weighted by Crippen LogP contribution is -2.15. The molecule has 0 aromatic heterocycles. The lowest BCUT2D eigenvalue weighted by molar-refractivity contribution is -0.139. The quantitative estimate of drug-likeness (QED) is 0.734. The fraction of sp³-hybridized carbons (Fsp3) is 0.467. The minimum atomic E-state index is -0.295. The average molecular weight is 279 g/mol. The second kappa shape index (κ2) is 8.19. The summed E-state index contributed by atoms with van der Waals surface area (Å²) in [4.78, 5) is 21.9. The van der Waals surface area contributed by atoms with E-state index in [0.29, 0.717) is 25.2 Å². The smallest absolute Gasteiger partial charge is 0.309 e. The highest BCUT2D eigenvalue weighted by molar-refractivity contribution is 5.73. The zero-order chi connectivity index (χ0) is 15.0. The Labute approximate surface area is 119 Å². The van der Waals surface area contributed by atoms with Crippen molar-refractivity contribution in [2.24, 2.45) is 11.7 Å². The minimum absolute atomic E-state index is 0.227. The highest BCUT2D eigenvalue weighted by Gasteiger charge is 2.07. The summed E-state index contributed by atoms with van der Waals surface area (Å²) in [6.45, 7) is 2.51. The Kier molecular flexibility index (Phi) is 6.56. The zero-order valence-corrected chi connectivity index (χ0v) is 11.9. The maximum absolute atomic E-state index is 11.2. The molecule has 0 unspecified atom stereocenters. The van der Waals surface area contributed by atoms with Crippen molar-refractivity contribution in [2.45, 2.75) is 26.2 Å². The lowest BCUT2D eigenvalue weighted by Gasteiger charge is -2.13. The third-order valence-electron chi connectivity index (χ3n) is 2.89. The summed E-state index contributed by atoms with van der Waals surface area (Å²) in [5, 5.41) is 0. The van der Waals surface area contributed by atoms with Crippen molar-refractivity contribution in [1.82, 2.24) is 0 Å². The maximum atomic E-state index is 11.2. The molecule has 1 atom stereocenters. The van der Waals surface area contributed by atoms with Gasteiger partial charge in [0.25, 0.3) is 0 Å². The van der Waals surface area contributed by atoms with Crippen LogP contribution < -0.4 is 10.5 Å². The van der Waals surface area contributed by atoms with Gasteiger partial charge in [-0.1, -0.05) is 19.1 Å². The third-order valence-corrected chi connectivity index (χ3v) is 2.89. The molecular formula is C15H21NO4. The van der Waals surface area contributed by atoms with Gasteiger partial charge in [0.05, 0.1) is 20.1 Å². The molecule has 5 nitrogen and oxygen atoms in total. The van der Waals surface area contributed by atoms with E-state index in [1.54, 1.807) is 0 Å². The first kappa shape index (κ1) is 16.0. The number of benzene rings is 1. The van der Waals surface area contributed by atoms with E-state index in [1.165, 1.54) is 7.11 Å². The Morgan fingerprint density at radius 3 is 2.75 bits per heavy atom. The van der Waals surface area contributed by atoms with E-state index in [0.717, 1.165) is 5.56 Å². The number of methoxy groups -OCH3 is 1. The fourth-order valence-corrected chi connectivity index (χ4v) is 1.69. The molecule has 0 heterocycles. The predicted octanol–water partition coefficient (Wildman–Crippen LogP) is 1.68. The van der Waals surface area contributed by atoms with E-state index >= 15 is 0 Å². The Morgan fingerprint density at radius 2 is 2.10 bits per heavy atom. The molecule has 0 aliphatic rings. The summed E-state index contributed by atoms with van der Waals surface area (Å²) in [5.74, 6) is 0.373. The van der Waals surface area contributed by atoms with E-state index in [-0.39, 0.29) is 24.2 Å². The number of nitrogens with two attached hydrogens (primary N) is 1. The van der Waals surface area contributed by atoms with Crippen molar-refractivity contribution < 1.29 is 19.1 Å². The number of rotatable bonds is 8. The SMILES string of the molecule is COC(=O)Cc1cccc(OC[C@@H](C)CCC(N)=O)c1. The third kappa shape index (κ3) is 6.22. The number of hydrogen-bond donors (Lipinski definition) is 1. The molecule has 0 saturated heterocycles. The van der Waals surface area contributed by atoms with Crippen LogP contribution in [0.1, 0.15) is 25.3 Å². The van der Waals surface area contributed by atoms with Crippen LogP contribution in [0.5, 0.6) is 5.75 Å². The molecule has 0 radical (unpaired) electrons. The normalized spacial score (nSPS) is 11.7. The molecule has 1 amide bonds. The number of amides is 1. The highest BCUT2D eigenvalue weighted by atomic mass is 16.5. The van der Waals surface area contributed by atoms with Crippen molar-refractivity contribution in [2.75, 3.05) is 13.7 Å². The van der Waals surface area contributed by atoms with Gasteiger partial charge in [0.2, 0.25) is 5.91 Å². The molecular weight excluding hydrogens is 258 g/mol. The van der Waals surface area contributed by atoms with Crippen LogP contribution in [-0.2, 0) is 20.7 Å². The van der Waals surface area contributed by atoms with Gasteiger partial charge in [-0.05, 0) is 30.0 Å². The Balaban J connectivity index is 2.45.